The molecule has 0 heterocycles. The molecule has 0 saturated carbocycles. The van der Waals surface area contributed by atoms with Crippen LogP contribution in [0.4, 0.5) is 0 Å². The molecule has 0 spiro atoms. The first-order valence-electron chi connectivity index (χ1n) is 6.40. The summed E-state index contributed by atoms with van der Waals surface area (Å²) in [6.45, 7) is 4.07. The lowest BCUT2D eigenvalue weighted by Gasteiger charge is -2.15. The van der Waals surface area contributed by atoms with Gasteiger partial charge in [0.1, 0.15) is 0 Å². The topological polar surface area (TPSA) is 77.2 Å². The van der Waals surface area contributed by atoms with Crippen molar-refractivity contribution >= 4 is 15.7 Å². The highest BCUT2D eigenvalue weighted by Gasteiger charge is 2.31. The molecule has 2 N–H and O–H groups in total. The Kier molecular flexibility index (Phi) is 5.54. The molecule has 5 heteroatoms. The second-order valence-corrected chi connectivity index (χ2v) is 7.30. The van der Waals surface area contributed by atoms with E-state index >= 15 is 0 Å². The Hall–Kier alpha value is -1.36. The largest absolute Gasteiger partial charge is 0.368 e. The van der Waals surface area contributed by atoms with Crippen molar-refractivity contribution in [2.75, 3.05) is 5.75 Å². The van der Waals surface area contributed by atoms with Gasteiger partial charge in [0.05, 0.1) is 5.75 Å². The Morgan fingerprint density at radius 1 is 1.21 bits per heavy atom. The first kappa shape index (κ1) is 15.7. The fraction of sp³-hybridized carbons (Fsp3) is 0.500. The summed E-state index contributed by atoms with van der Waals surface area (Å²) in [5.41, 5.74) is 5.71. The maximum Gasteiger partial charge on any atom is 0.240 e. The standard InChI is InChI=1S/C14H21NO3S/c1-11(2)7-6-10-19(17,18)13(14(15)16)12-8-4-3-5-9-12/h3-5,8-9,11,13H,6-7,10H2,1-2H3,(H2,15,16). The van der Waals surface area contributed by atoms with Gasteiger partial charge in [-0.3, -0.25) is 4.79 Å². The molecule has 0 radical (unpaired) electrons. The van der Waals surface area contributed by atoms with Gasteiger partial charge in [0.2, 0.25) is 5.91 Å². The van der Waals surface area contributed by atoms with Crippen molar-refractivity contribution in [2.24, 2.45) is 11.7 Å². The minimum atomic E-state index is -3.54. The number of hydrogen-bond acceptors (Lipinski definition) is 3. The van der Waals surface area contributed by atoms with Crippen LogP contribution in [0.15, 0.2) is 30.3 Å². The quantitative estimate of drug-likeness (QED) is 0.832. The molecule has 1 amide bonds. The SMILES string of the molecule is CC(C)CCCS(=O)(=O)C(C(N)=O)c1ccccc1. The molecule has 0 aliphatic rings. The highest BCUT2D eigenvalue weighted by atomic mass is 32.2. The van der Waals surface area contributed by atoms with Gasteiger partial charge in [0.25, 0.3) is 0 Å². The predicted octanol–water partition coefficient (Wildman–Crippen LogP) is 2.06. The van der Waals surface area contributed by atoms with Gasteiger partial charge in [0.15, 0.2) is 15.1 Å². The van der Waals surface area contributed by atoms with E-state index < -0.39 is 21.0 Å². The van der Waals surface area contributed by atoms with Crippen molar-refractivity contribution in [3.8, 4) is 0 Å². The Labute approximate surface area is 114 Å². The lowest BCUT2D eigenvalue weighted by atomic mass is 10.1. The van der Waals surface area contributed by atoms with Crippen molar-refractivity contribution in [1.82, 2.24) is 0 Å². The van der Waals surface area contributed by atoms with E-state index in [1.165, 1.54) is 0 Å². The Morgan fingerprint density at radius 2 is 1.79 bits per heavy atom. The minimum Gasteiger partial charge on any atom is -0.368 e. The summed E-state index contributed by atoms with van der Waals surface area (Å²) in [5, 5.41) is -1.24. The summed E-state index contributed by atoms with van der Waals surface area (Å²) in [6, 6.07) is 8.42. The number of carbonyl (C=O) groups is 1. The molecule has 1 unspecified atom stereocenters. The number of sulfone groups is 1. The van der Waals surface area contributed by atoms with Crippen LogP contribution in [0, 0.1) is 5.92 Å². The first-order chi connectivity index (χ1) is 8.84. The maximum absolute atomic E-state index is 12.3. The van der Waals surface area contributed by atoms with Crippen molar-refractivity contribution in [1.29, 1.82) is 0 Å². The summed E-state index contributed by atoms with van der Waals surface area (Å²) in [7, 11) is -3.54. The summed E-state index contributed by atoms with van der Waals surface area (Å²) in [6.07, 6.45) is 1.37. The van der Waals surface area contributed by atoms with Gasteiger partial charge in [-0.05, 0) is 17.9 Å². The second-order valence-electron chi connectivity index (χ2n) is 5.10. The van der Waals surface area contributed by atoms with E-state index in [0.29, 0.717) is 17.9 Å². The van der Waals surface area contributed by atoms with E-state index in [4.69, 9.17) is 5.73 Å². The molecule has 0 saturated heterocycles. The summed E-state index contributed by atoms with van der Waals surface area (Å²) >= 11 is 0. The molecule has 1 atom stereocenters. The zero-order valence-electron chi connectivity index (χ0n) is 11.4. The van der Waals surface area contributed by atoms with Gasteiger partial charge in [0, 0.05) is 0 Å². The zero-order valence-corrected chi connectivity index (χ0v) is 12.2. The third kappa shape index (κ3) is 4.67. The molecule has 0 bridgehead atoms. The van der Waals surface area contributed by atoms with E-state index in [-0.39, 0.29) is 5.75 Å². The molecule has 19 heavy (non-hydrogen) atoms. The molecule has 106 valence electrons. The van der Waals surface area contributed by atoms with Crippen molar-refractivity contribution in [2.45, 2.75) is 31.9 Å². The van der Waals surface area contributed by atoms with Gasteiger partial charge >= 0.3 is 0 Å². The predicted molar refractivity (Wildman–Crippen MR) is 76.2 cm³/mol. The highest BCUT2D eigenvalue weighted by Crippen LogP contribution is 2.24. The first-order valence-corrected chi connectivity index (χ1v) is 8.12. The number of benzene rings is 1. The number of amides is 1. The maximum atomic E-state index is 12.3. The smallest absolute Gasteiger partial charge is 0.240 e. The van der Waals surface area contributed by atoms with Gasteiger partial charge in [-0.1, -0.05) is 50.6 Å². The molecule has 1 aromatic rings. The summed E-state index contributed by atoms with van der Waals surface area (Å²) in [5.74, 6) is -0.372. The van der Waals surface area contributed by atoms with E-state index in [2.05, 4.69) is 0 Å². The molecular weight excluding hydrogens is 262 g/mol. The molecular formula is C14H21NO3S. The van der Waals surface area contributed by atoms with E-state index in [9.17, 15) is 13.2 Å². The molecule has 0 aliphatic carbocycles. The van der Waals surface area contributed by atoms with Crippen LogP contribution < -0.4 is 5.73 Å². The van der Waals surface area contributed by atoms with Crippen molar-refractivity contribution in [3.63, 3.8) is 0 Å². The van der Waals surface area contributed by atoms with E-state index in [1.807, 2.05) is 13.8 Å². The van der Waals surface area contributed by atoms with Crippen LogP contribution in [0.3, 0.4) is 0 Å². The second kappa shape index (κ2) is 6.70. The Morgan fingerprint density at radius 3 is 2.26 bits per heavy atom. The lowest BCUT2D eigenvalue weighted by molar-refractivity contribution is -0.117. The number of rotatable bonds is 7. The van der Waals surface area contributed by atoms with E-state index in [1.54, 1.807) is 30.3 Å². The fourth-order valence-electron chi connectivity index (χ4n) is 1.99. The Bertz CT molecular complexity index is 509. The number of primary amides is 1. The molecule has 0 fully saturated rings. The van der Waals surface area contributed by atoms with E-state index in [0.717, 1.165) is 6.42 Å². The normalized spacial score (nSPS) is 13.4. The van der Waals surface area contributed by atoms with Crippen LogP contribution >= 0.6 is 0 Å². The molecule has 0 aromatic heterocycles. The van der Waals surface area contributed by atoms with Crippen LogP contribution in [-0.2, 0) is 14.6 Å². The average Bonchev–Trinajstić information content (AvgIpc) is 2.28. The van der Waals surface area contributed by atoms with Crippen molar-refractivity contribution in [3.05, 3.63) is 35.9 Å². The number of nitrogens with two attached hydrogens (primary N) is 1. The number of hydrogen-bond donors (Lipinski definition) is 1. The Balaban J connectivity index is 2.90. The van der Waals surface area contributed by atoms with Crippen LogP contribution in [0.1, 0.15) is 37.5 Å². The lowest BCUT2D eigenvalue weighted by Crippen LogP contribution is -2.30. The van der Waals surface area contributed by atoms with Crippen LogP contribution in [0.2, 0.25) is 0 Å². The third-order valence-electron chi connectivity index (χ3n) is 2.93. The van der Waals surface area contributed by atoms with Crippen LogP contribution in [-0.4, -0.2) is 20.1 Å². The van der Waals surface area contributed by atoms with Gasteiger partial charge in [-0.2, -0.15) is 0 Å². The molecule has 1 rings (SSSR count). The number of carbonyl (C=O) groups excluding carboxylic acids is 1. The minimum absolute atomic E-state index is 0.00627. The molecule has 4 nitrogen and oxygen atoms in total. The summed E-state index contributed by atoms with van der Waals surface area (Å²) in [4.78, 5) is 11.5. The zero-order chi connectivity index (χ0) is 14.5. The average molecular weight is 283 g/mol. The van der Waals surface area contributed by atoms with Crippen LogP contribution in [0.25, 0.3) is 0 Å². The monoisotopic (exact) mass is 283 g/mol. The molecule has 0 aliphatic heterocycles. The molecule has 1 aromatic carbocycles. The van der Waals surface area contributed by atoms with Crippen LogP contribution in [0.5, 0.6) is 0 Å². The highest BCUT2D eigenvalue weighted by molar-refractivity contribution is 7.92. The van der Waals surface area contributed by atoms with Gasteiger partial charge < -0.3 is 5.73 Å². The van der Waals surface area contributed by atoms with Crippen molar-refractivity contribution < 1.29 is 13.2 Å². The van der Waals surface area contributed by atoms with Gasteiger partial charge in [-0.15, -0.1) is 0 Å². The fourth-order valence-corrected chi connectivity index (χ4v) is 3.72. The third-order valence-corrected chi connectivity index (χ3v) is 5.01. The summed E-state index contributed by atoms with van der Waals surface area (Å²) < 4.78 is 24.5. The van der Waals surface area contributed by atoms with Gasteiger partial charge in [-0.25, -0.2) is 8.42 Å².